The van der Waals surface area contributed by atoms with E-state index in [1.807, 2.05) is 6.92 Å². The Morgan fingerprint density at radius 3 is 2.47 bits per heavy atom. The van der Waals surface area contributed by atoms with Gasteiger partial charge in [0.15, 0.2) is 5.84 Å². The number of nitrogens with zero attached hydrogens (tertiary/aromatic N) is 4. The van der Waals surface area contributed by atoms with Crippen molar-refractivity contribution in [3.63, 3.8) is 0 Å². The maximum atomic E-state index is 13.1. The van der Waals surface area contributed by atoms with E-state index in [4.69, 9.17) is 0 Å². The highest BCUT2D eigenvalue weighted by Crippen LogP contribution is 2.28. The van der Waals surface area contributed by atoms with Crippen LogP contribution in [0.3, 0.4) is 0 Å². The molecule has 0 aliphatic carbocycles. The third-order valence-corrected chi connectivity index (χ3v) is 9.50. The average molecular weight is 471 g/mol. The molecule has 0 spiro atoms. The van der Waals surface area contributed by atoms with Crippen LogP contribution >= 0.6 is 11.3 Å². The summed E-state index contributed by atoms with van der Waals surface area (Å²) >= 11 is 1.44. The van der Waals surface area contributed by atoms with Crippen molar-refractivity contribution in [3.05, 3.63) is 39.7 Å². The lowest BCUT2D eigenvalue weighted by atomic mass is 10.1. The number of amides is 1. The largest absolute Gasteiger partial charge is 0.336 e. The summed E-state index contributed by atoms with van der Waals surface area (Å²) in [5.41, 5.74) is 0.210. The molecule has 162 valence electrons. The summed E-state index contributed by atoms with van der Waals surface area (Å²) in [6.07, 6.45) is 4.94. The lowest BCUT2D eigenvalue weighted by Crippen LogP contribution is -2.52. The summed E-state index contributed by atoms with van der Waals surface area (Å²) < 4.78 is 54.9. The van der Waals surface area contributed by atoms with Crippen LogP contribution < -0.4 is 0 Å². The van der Waals surface area contributed by atoms with Gasteiger partial charge >= 0.3 is 0 Å². The predicted octanol–water partition coefficient (Wildman–Crippen LogP) is 0.695. The molecule has 3 aliphatic rings. The SMILES string of the molecule is Cc1cc(S(=O)(=O)N2CCN(C(=O)C3=CC=CN4CCS(=O)(=O)N=C34)CC2)c(C)s1. The zero-order valence-electron chi connectivity index (χ0n) is 16.6. The molecule has 1 amide bonds. The van der Waals surface area contributed by atoms with Crippen LogP contribution in [0.1, 0.15) is 9.75 Å². The number of fused-ring (bicyclic) bond motifs is 1. The number of piperazine rings is 1. The third-order valence-electron chi connectivity index (χ3n) is 5.23. The molecule has 4 heterocycles. The number of rotatable bonds is 3. The zero-order chi connectivity index (χ0) is 21.7. The second kappa shape index (κ2) is 7.59. The van der Waals surface area contributed by atoms with Gasteiger partial charge in [-0.25, -0.2) is 16.8 Å². The van der Waals surface area contributed by atoms with Crippen molar-refractivity contribution in [1.29, 1.82) is 0 Å². The molecule has 0 atom stereocenters. The van der Waals surface area contributed by atoms with Crippen LogP contribution in [0, 0.1) is 13.8 Å². The van der Waals surface area contributed by atoms with Gasteiger partial charge in [-0.05, 0) is 32.1 Å². The normalized spacial score (nSPS) is 21.8. The van der Waals surface area contributed by atoms with Crippen molar-refractivity contribution in [2.24, 2.45) is 4.40 Å². The number of amidine groups is 1. The molecule has 1 fully saturated rings. The molecule has 3 aliphatic heterocycles. The molecule has 9 nitrogen and oxygen atoms in total. The quantitative estimate of drug-likeness (QED) is 0.644. The van der Waals surface area contributed by atoms with Gasteiger partial charge in [-0.15, -0.1) is 15.7 Å². The third kappa shape index (κ3) is 3.84. The highest BCUT2D eigenvalue weighted by Gasteiger charge is 2.35. The Balaban J connectivity index is 1.50. The monoisotopic (exact) mass is 470 g/mol. The first-order valence-corrected chi connectivity index (χ1v) is 13.3. The molecule has 1 aromatic heterocycles. The maximum absolute atomic E-state index is 13.1. The lowest BCUT2D eigenvalue weighted by molar-refractivity contribution is -0.127. The molecule has 4 rings (SSSR count). The molecule has 0 radical (unpaired) electrons. The van der Waals surface area contributed by atoms with Crippen LogP contribution in [0.5, 0.6) is 0 Å². The number of carbonyl (C=O) groups excluding carboxylic acids is 1. The second-order valence-corrected chi connectivity index (χ2v) is 12.4. The Morgan fingerprint density at radius 1 is 1.13 bits per heavy atom. The average Bonchev–Trinajstić information content (AvgIpc) is 3.05. The van der Waals surface area contributed by atoms with Crippen molar-refractivity contribution >= 4 is 43.1 Å². The molecule has 1 saturated heterocycles. The van der Waals surface area contributed by atoms with E-state index in [0.29, 0.717) is 4.90 Å². The van der Waals surface area contributed by atoms with E-state index < -0.39 is 20.0 Å². The minimum absolute atomic E-state index is 0.0969. The maximum Gasteiger partial charge on any atom is 0.257 e. The summed E-state index contributed by atoms with van der Waals surface area (Å²) in [4.78, 5) is 18.3. The topological polar surface area (TPSA) is 107 Å². The van der Waals surface area contributed by atoms with Gasteiger partial charge in [-0.3, -0.25) is 4.79 Å². The van der Waals surface area contributed by atoms with E-state index in [9.17, 15) is 21.6 Å². The number of aryl methyl sites for hydroxylation is 2. The molecule has 0 saturated carbocycles. The molecule has 0 N–H and O–H groups in total. The Kier molecular flexibility index (Phi) is 5.37. The summed E-state index contributed by atoms with van der Waals surface area (Å²) in [6, 6.07) is 1.68. The van der Waals surface area contributed by atoms with Crippen LogP contribution in [0.25, 0.3) is 0 Å². The number of allylic oxidation sites excluding steroid dienone is 2. The highest BCUT2D eigenvalue weighted by atomic mass is 32.2. The first-order chi connectivity index (χ1) is 14.1. The van der Waals surface area contributed by atoms with E-state index in [-0.39, 0.29) is 55.8 Å². The second-order valence-electron chi connectivity index (χ2n) is 7.29. The van der Waals surface area contributed by atoms with E-state index in [1.54, 1.807) is 41.1 Å². The lowest BCUT2D eigenvalue weighted by Gasteiger charge is -2.36. The van der Waals surface area contributed by atoms with Crippen molar-refractivity contribution in [3.8, 4) is 0 Å². The van der Waals surface area contributed by atoms with Crippen LogP contribution in [0.15, 0.2) is 39.3 Å². The van der Waals surface area contributed by atoms with Crippen molar-refractivity contribution < 1.29 is 21.6 Å². The molecule has 30 heavy (non-hydrogen) atoms. The number of hydrogen-bond donors (Lipinski definition) is 0. The van der Waals surface area contributed by atoms with Gasteiger partial charge in [0, 0.05) is 48.7 Å². The number of sulfonamides is 2. The number of carbonyl (C=O) groups is 1. The van der Waals surface area contributed by atoms with Crippen LogP contribution in [-0.4, -0.2) is 81.2 Å². The molecular weight excluding hydrogens is 448 g/mol. The van der Waals surface area contributed by atoms with E-state index in [0.717, 1.165) is 9.75 Å². The Labute approximate surface area is 180 Å². The fraction of sp³-hybridized carbons (Fsp3) is 0.444. The van der Waals surface area contributed by atoms with Crippen molar-refractivity contribution in [2.45, 2.75) is 18.7 Å². The minimum atomic E-state index is -3.61. The molecule has 0 aromatic carbocycles. The van der Waals surface area contributed by atoms with Gasteiger partial charge in [0.2, 0.25) is 10.0 Å². The fourth-order valence-corrected chi connectivity index (χ4v) is 7.62. The molecular formula is C18H22N4O5S3. The Hall–Kier alpha value is -2.02. The Morgan fingerprint density at radius 2 is 1.83 bits per heavy atom. The van der Waals surface area contributed by atoms with Gasteiger partial charge in [0.1, 0.15) is 0 Å². The van der Waals surface area contributed by atoms with Gasteiger partial charge in [0.25, 0.3) is 15.9 Å². The Bertz CT molecular complexity index is 1190. The van der Waals surface area contributed by atoms with Gasteiger partial charge in [0.05, 0.1) is 16.2 Å². The minimum Gasteiger partial charge on any atom is -0.336 e. The van der Waals surface area contributed by atoms with E-state index in [2.05, 4.69) is 4.40 Å². The summed E-state index contributed by atoms with van der Waals surface area (Å²) in [6.45, 7) is 4.71. The van der Waals surface area contributed by atoms with Gasteiger partial charge in [-0.1, -0.05) is 0 Å². The number of hydrogen-bond acceptors (Lipinski definition) is 7. The first kappa shape index (κ1) is 21.2. The number of thiophene rings is 1. The summed E-state index contributed by atoms with van der Waals surface area (Å²) in [5, 5.41) is 0. The predicted molar refractivity (Wildman–Crippen MR) is 114 cm³/mol. The first-order valence-electron chi connectivity index (χ1n) is 9.43. The van der Waals surface area contributed by atoms with Crippen LogP contribution in [0.4, 0.5) is 0 Å². The summed E-state index contributed by atoms with van der Waals surface area (Å²) in [5.74, 6) is -0.312. The zero-order valence-corrected chi connectivity index (χ0v) is 19.1. The fourth-order valence-electron chi connectivity index (χ4n) is 3.69. The van der Waals surface area contributed by atoms with E-state index >= 15 is 0 Å². The molecule has 0 unspecified atom stereocenters. The van der Waals surface area contributed by atoms with Crippen LogP contribution in [0.2, 0.25) is 0 Å². The molecule has 12 heteroatoms. The molecule has 1 aromatic rings. The smallest absolute Gasteiger partial charge is 0.257 e. The van der Waals surface area contributed by atoms with Gasteiger partial charge < -0.3 is 9.80 Å². The summed E-state index contributed by atoms with van der Waals surface area (Å²) in [7, 11) is -7.21. The molecule has 0 bridgehead atoms. The van der Waals surface area contributed by atoms with Crippen LogP contribution in [-0.2, 0) is 24.8 Å². The standard InChI is InChI=1S/C18H22N4O5S3/c1-13-12-16(14(2)28-13)30(26,27)22-8-6-21(7-9-22)18(23)15-4-3-5-20-10-11-29(24,25)19-17(15)20/h3-5,12H,6-11H2,1-2H3. The van der Waals surface area contributed by atoms with E-state index in [1.165, 1.54) is 15.6 Å². The van der Waals surface area contributed by atoms with Gasteiger partial charge in [-0.2, -0.15) is 4.31 Å². The van der Waals surface area contributed by atoms with Crippen molar-refractivity contribution in [1.82, 2.24) is 14.1 Å². The van der Waals surface area contributed by atoms with Crippen molar-refractivity contribution in [2.75, 3.05) is 38.5 Å². The highest BCUT2D eigenvalue weighted by molar-refractivity contribution is 7.90.